The lowest BCUT2D eigenvalue weighted by Gasteiger charge is -2.16. The fourth-order valence-corrected chi connectivity index (χ4v) is 4.09. The van der Waals surface area contributed by atoms with Gasteiger partial charge in [-0.25, -0.2) is 14.6 Å². The van der Waals surface area contributed by atoms with Gasteiger partial charge in [-0.1, -0.05) is 12.1 Å². The van der Waals surface area contributed by atoms with Crippen LogP contribution in [0.1, 0.15) is 34.5 Å². The Kier molecular flexibility index (Phi) is 6.86. The Hall–Kier alpha value is -4.99. The Bertz CT molecular complexity index is 1620. The van der Waals surface area contributed by atoms with Crippen molar-refractivity contribution in [3.63, 3.8) is 0 Å². The molecular weight excluding hydrogens is 482 g/mol. The molecule has 38 heavy (non-hydrogen) atoms. The number of aromatic nitrogens is 5. The van der Waals surface area contributed by atoms with Crippen LogP contribution >= 0.6 is 0 Å². The Morgan fingerprint density at radius 2 is 1.82 bits per heavy atom. The van der Waals surface area contributed by atoms with E-state index in [9.17, 15) is 4.79 Å². The van der Waals surface area contributed by atoms with E-state index < -0.39 is 0 Å². The standard InChI is InChI=1S/C28H27N7O3/c1-17-10-20(14-29-13-17)28(36)33-21-7-5-6-19(11-21)18(2)32-26-16-30-23-15-31-35(27(23)34-26)22-8-9-24(37-3)25(12-22)38-4/h5-16,18H,1-4H3,(H,32,34)(H,33,36)/t18-/m0/s1. The third kappa shape index (κ3) is 5.10. The molecular formula is C28H27N7O3. The van der Waals surface area contributed by atoms with Gasteiger partial charge in [0.1, 0.15) is 11.3 Å². The number of nitrogens with one attached hydrogen (secondary N) is 2. The molecule has 3 heterocycles. The number of ether oxygens (including phenoxy) is 2. The van der Waals surface area contributed by atoms with Crippen LogP contribution in [0.15, 0.2) is 73.3 Å². The molecule has 0 saturated heterocycles. The summed E-state index contributed by atoms with van der Waals surface area (Å²) in [5, 5.41) is 10.8. The summed E-state index contributed by atoms with van der Waals surface area (Å²) in [5.41, 5.74) is 5.13. The van der Waals surface area contributed by atoms with Crippen LogP contribution < -0.4 is 20.1 Å². The van der Waals surface area contributed by atoms with Crippen molar-refractivity contribution in [1.82, 2.24) is 24.7 Å². The molecule has 0 spiro atoms. The largest absolute Gasteiger partial charge is 0.493 e. The molecule has 5 aromatic rings. The molecule has 0 aliphatic heterocycles. The molecule has 10 nitrogen and oxygen atoms in total. The van der Waals surface area contributed by atoms with Gasteiger partial charge in [0, 0.05) is 24.1 Å². The summed E-state index contributed by atoms with van der Waals surface area (Å²) in [6, 6.07) is 14.9. The first-order chi connectivity index (χ1) is 18.4. The van der Waals surface area contributed by atoms with E-state index in [0.29, 0.717) is 39.7 Å². The summed E-state index contributed by atoms with van der Waals surface area (Å²) in [5.74, 6) is 1.60. The number of aryl methyl sites for hydroxylation is 1. The zero-order valence-electron chi connectivity index (χ0n) is 21.5. The van der Waals surface area contributed by atoms with Gasteiger partial charge in [0.05, 0.1) is 43.9 Å². The number of anilines is 2. The second-order valence-corrected chi connectivity index (χ2v) is 8.76. The number of carbonyl (C=O) groups excluding carboxylic acids is 1. The van der Waals surface area contributed by atoms with Crippen LogP contribution in [0.3, 0.4) is 0 Å². The topological polar surface area (TPSA) is 116 Å². The molecule has 0 fully saturated rings. The Morgan fingerprint density at radius 3 is 2.61 bits per heavy atom. The van der Waals surface area contributed by atoms with E-state index in [2.05, 4.69) is 25.7 Å². The smallest absolute Gasteiger partial charge is 0.257 e. The van der Waals surface area contributed by atoms with Crippen LogP contribution in [0.4, 0.5) is 11.5 Å². The Labute approximate surface area is 219 Å². The van der Waals surface area contributed by atoms with E-state index in [4.69, 9.17) is 14.5 Å². The third-order valence-corrected chi connectivity index (χ3v) is 6.04. The molecule has 3 aromatic heterocycles. The number of rotatable bonds is 8. The Balaban J connectivity index is 1.36. The molecule has 1 atom stereocenters. The average Bonchev–Trinajstić information content (AvgIpc) is 3.36. The number of pyridine rings is 1. The molecule has 2 N–H and O–H groups in total. The summed E-state index contributed by atoms with van der Waals surface area (Å²) in [7, 11) is 3.18. The van der Waals surface area contributed by atoms with Crippen molar-refractivity contribution in [2.24, 2.45) is 0 Å². The van der Waals surface area contributed by atoms with E-state index in [1.54, 1.807) is 49.8 Å². The Morgan fingerprint density at radius 1 is 0.974 bits per heavy atom. The van der Waals surface area contributed by atoms with Crippen LogP contribution in [0.25, 0.3) is 16.9 Å². The molecule has 0 saturated carbocycles. The van der Waals surface area contributed by atoms with E-state index in [0.717, 1.165) is 16.8 Å². The van der Waals surface area contributed by atoms with Gasteiger partial charge in [-0.15, -0.1) is 0 Å². The highest BCUT2D eigenvalue weighted by molar-refractivity contribution is 6.04. The van der Waals surface area contributed by atoms with Gasteiger partial charge in [0.2, 0.25) is 0 Å². The quantitative estimate of drug-likeness (QED) is 0.301. The average molecular weight is 510 g/mol. The van der Waals surface area contributed by atoms with Gasteiger partial charge < -0.3 is 20.1 Å². The molecule has 0 aliphatic carbocycles. The van der Waals surface area contributed by atoms with Crippen molar-refractivity contribution in [2.45, 2.75) is 19.9 Å². The van der Waals surface area contributed by atoms with Gasteiger partial charge in [0.15, 0.2) is 17.1 Å². The fourth-order valence-electron chi connectivity index (χ4n) is 4.09. The third-order valence-electron chi connectivity index (χ3n) is 6.04. The summed E-state index contributed by atoms with van der Waals surface area (Å²) in [6.07, 6.45) is 6.61. The van der Waals surface area contributed by atoms with Crippen LogP contribution in [0.5, 0.6) is 11.5 Å². The van der Waals surface area contributed by atoms with Crippen molar-refractivity contribution in [2.75, 3.05) is 24.9 Å². The lowest BCUT2D eigenvalue weighted by atomic mass is 10.1. The number of nitrogens with zero attached hydrogens (tertiary/aromatic N) is 5. The minimum atomic E-state index is -0.210. The minimum Gasteiger partial charge on any atom is -0.493 e. The molecule has 10 heteroatoms. The zero-order valence-corrected chi connectivity index (χ0v) is 21.5. The van der Waals surface area contributed by atoms with E-state index in [1.165, 1.54) is 0 Å². The maximum Gasteiger partial charge on any atom is 0.257 e. The van der Waals surface area contributed by atoms with Gasteiger partial charge in [-0.05, 0) is 55.3 Å². The van der Waals surface area contributed by atoms with E-state index >= 15 is 0 Å². The monoisotopic (exact) mass is 509 g/mol. The normalized spacial score (nSPS) is 11.7. The highest BCUT2D eigenvalue weighted by Gasteiger charge is 2.14. The van der Waals surface area contributed by atoms with Crippen molar-refractivity contribution in [1.29, 1.82) is 0 Å². The van der Waals surface area contributed by atoms with E-state index in [-0.39, 0.29) is 11.9 Å². The summed E-state index contributed by atoms with van der Waals surface area (Å²) >= 11 is 0. The second kappa shape index (κ2) is 10.6. The van der Waals surface area contributed by atoms with Crippen LogP contribution in [0.2, 0.25) is 0 Å². The highest BCUT2D eigenvalue weighted by Crippen LogP contribution is 2.30. The number of benzene rings is 2. The molecule has 0 bridgehead atoms. The van der Waals surface area contributed by atoms with E-state index in [1.807, 2.05) is 56.3 Å². The molecule has 192 valence electrons. The van der Waals surface area contributed by atoms with Crippen molar-refractivity contribution in [3.8, 4) is 17.2 Å². The summed E-state index contributed by atoms with van der Waals surface area (Å²) in [6.45, 7) is 3.92. The van der Waals surface area contributed by atoms with Crippen molar-refractivity contribution >= 4 is 28.6 Å². The SMILES string of the molecule is COc1ccc(-n2ncc3ncc(N[C@@H](C)c4cccc(NC(=O)c5cncc(C)c5)c4)nc32)cc1OC. The predicted octanol–water partition coefficient (Wildman–Crippen LogP) is 4.96. The molecule has 5 rings (SSSR count). The summed E-state index contributed by atoms with van der Waals surface area (Å²) in [4.78, 5) is 26.0. The van der Waals surface area contributed by atoms with Gasteiger partial charge in [-0.3, -0.25) is 9.78 Å². The number of hydrogen-bond donors (Lipinski definition) is 2. The molecule has 2 aromatic carbocycles. The number of fused-ring (bicyclic) bond motifs is 1. The number of hydrogen-bond acceptors (Lipinski definition) is 8. The lowest BCUT2D eigenvalue weighted by molar-refractivity contribution is 0.102. The van der Waals surface area contributed by atoms with Gasteiger partial charge >= 0.3 is 0 Å². The zero-order chi connectivity index (χ0) is 26.6. The first kappa shape index (κ1) is 24.7. The number of methoxy groups -OCH3 is 2. The number of amides is 1. The van der Waals surface area contributed by atoms with Crippen LogP contribution in [0, 0.1) is 6.92 Å². The molecule has 0 unspecified atom stereocenters. The van der Waals surface area contributed by atoms with Gasteiger partial charge in [0.25, 0.3) is 5.91 Å². The first-order valence-electron chi connectivity index (χ1n) is 12.0. The molecule has 0 aliphatic rings. The van der Waals surface area contributed by atoms with Gasteiger partial charge in [-0.2, -0.15) is 5.10 Å². The maximum absolute atomic E-state index is 12.7. The first-order valence-corrected chi connectivity index (χ1v) is 12.0. The fraction of sp³-hybridized carbons (Fsp3) is 0.179. The molecule has 0 radical (unpaired) electrons. The highest BCUT2D eigenvalue weighted by atomic mass is 16.5. The molecule has 1 amide bonds. The maximum atomic E-state index is 12.7. The van der Waals surface area contributed by atoms with Crippen molar-refractivity contribution in [3.05, 3.63) is 90.0 Å². The predicted molar refractivity (Wildman–Crippen MR) is 145 cm³/mol. The number of carbonyl (C=O) groups is 1. The van der Waals surface area contributed by atoms with Crippen LogP contribution in [-0.4, -0.2) is 44.9 Å². The van der Waals surface area contributed by atoms with Crippen LogP contribution in [-0.2, 0) is 0 Å². The summed E-state index contributed by atoms with van der Waals surface area (Å²) < 4.78 is 12.5. The van der Waals surface area contributed by atoms with Crippen molar-refractivity contribution < 1.29 is 14.3 Å². The lowest BCUT2D eigenvalue weighted by Crippen LogP contribution is -2.13. The second-order valence-electron chi connectivity index (χ2n) is 8.76. The minimum absolute atomic E-state index is 0.114.